The van der Waals surface area contributed by atoms with Crippen LogP contribution in [0.1, 0.15) is 37.9 Å². The molecule has 2 unspecified atom stereocenters. The lowest BCUT2D eigenvalue weighted by Gasteiger charge is -2.29. The Morgan fingerprint density at radius 3 is 3.05 bits per heavy atom. The molecule has 0 aliphatic carbocycles. The molecule has 1 fully saturated rings. The van der Waals surface area contributed by atoms with Gasteiger partial charge < -0.3 is 19.5 Å². The summed E-state index contributed by atoms with van der Waals surface area (Å²) in [4.78, 5) is 6.64. The normalized spacial score (nSPS) is 23.4. The Kier molecular flexibility index (Phi) is 6.01. The number of ether oxygens (including phenoxy) is 1. The molecule has 5 heteroatoms. The van der Waals surface area contributed by atoms with Crippen LogP contribution in [0.5, 0.6) is 0 Å². The highest BCUT2D eigenvalue weighted by atomic mass is 16.5. The first-order valence-corrected chi connectivity index (χ1v) is 7.64. The Balaban J connectivity index is 1.88. The van der Waals surface area contributed by atoms with Gasteiger partial charge in [0.05, 0.1) is 18.6 Å². The number of likely N-dealkylation sites (N-methyl/N-ethyl adjacent to an activating group) is 1. The van der Waals surface area contributed by atoms with E-state index >= 15 is 0 Å². The third-order valence-corrected chi connectivity index (χ3v) is 4.12. The van der Waals surface area contributed by atoms with E-state index < -0.39 is 0 Å². The van der Waals surface area contributed by atoms with E-state index in [1.165, 1.54) is 25.0 Å². The molecular formula is C15H28N4O. The zero-order valence-corrected chi connectivity index (χ0v) is 13.0. The smallest absolute Gasteiger partial charge is 0.0949 e. The predicted octanol–water partition coefficient (Wildman–Crippen LogP) is 1.66. The molecule has 2 atom stereocenters. The highest BCUT2D eigenvalue weighted by Gasteiger charge is 2.22. The summed E-state index contributed by atoms with van der Waals surface area (Å²) in [6.07, 6.45) is 7.78. The first-order valence-electron chi connectivity index (χ1n) is 7.64. The Morgan fingerprint density at radius 2 is 2.30 bits per heavy atom. The van der Waals surface area contributed by atoms with E-state index in [-0.39, 0.29) is 0 Å². The standard InChI is InChI=1S/C15H28N4O/c1-13-5-4-6-14(17-13)15-11-16-12-19(15)8-7-18(2)9-10-20-3/h11-14,17H,4-10H2,1-3H3. The number of nitrogens with zero attached hydrogens (tertiary/aromatic N) is 3. The van der Waals surface area contributed by atoms with Gasteiger partial charge in [-0.15, -0.1) is 0 Å². The van der Waals surface area contributed by atoms with Crippen LogP contribution in [0.25, 0.3) is 0 Å². The van der Waals surface area contributed by atoms with Gasteiger partial charge in [0.1, 0.15) is 0 Å². The first kappa shape index (κ1) is 15.5. The molecule has 0 spiro atoms. The van der Waals surface area contributed by atoms with Gasteiger partial charge in [-0.05, 0) is 33.2 Å². The minimum absolute atomic E-state index is 0.463. The van der Waals surface area contributed by atoms with Gasteiger partial charge in [-0.2, -0.15) is 0 Å². The number of methoxy groups -OCH3 is 1. The summed E-state index contributed by atoms with van der Waals surface area (Å²) in [5, 5.41) is 3.69. The van der Waals surface area contributed by atoms with Crippen molar-refractivity contribution < 1.29 is 4.74 Å². The molecule has 114 valence electrons. The maximum absolute atomic E-state index is 5.11. The molecule has 1 N–H and O–H groups in total. The van der Waals surface area contributed by atoms with E-state index in [4.69, 9.17) is 4.74 Å². The van der Waals surface area contributed by atoms with Crippen molar-refractivity contribution in [2.24, 2.45) is 0 Å². The van der Waals surface area contributed by atoms with Crippen molar-refractivity contribution in [2.45, 2.75) is 44.8 Å². The van der Waals surface area contributed by atoms with Crippen molar-refractivity contribution in [2.75, 3.05) is 33.9 Å². The maximum atomic E-state index is 5.11. The summed E-state index contributed by atoms with van der Waals surface area (Å²) < 4.78 is 7.40. The average molecular weight is 280 g/mol. The van der Waals surface area contributed by atoms with E-state index in [0.717, 1.165) is 26.2 Å². The van der Waals surface area contributed by atoms with Gasteiger partial charge >= 0.3 is 0 Å². The SMILES string of the molecule is COCCN(C)CCn1cncc1C1CCCC(C)N1. The predicted molar refractivity (Wildman–Crippen MR) is 80.8 cm³/mol. The fourth-order valence-electron chi connectivity index (χ4n) is 2.82. The van der Waals surface area contributed by atoms with Crippen molar-refractivity contribution >= 4 is 0 Å². The monoisotopic (exact) mass is 280 g/mol. The molecule has 0 radical (unpaired) electrons. The lowest BCUT2D eigenvalue weighted by molar-refractivity contribution is 0.159. The molecular weight excluding hydrogens is 252 g/mol. The number of hydrogen-bond donors (Lipinski definition) is 1. The summed E-state index contributed by atoms with van der Waals surface area (Å²) in [6, 6.07) is 1.08. The second kappa shape index (κ2) is 7.76. The molecule has 1 aromatic heterocycles. The highest BCUT2D eigenvalue weighted by molar-refractivity contribution is 5.07. The minimum Gasteiger partial charge on any atom is -0.383 e. The molecule has 1 aliphatic heterocycles. The molecule has 0 saturated carbocycles. The summed E-state index contributed by atoms with van der Waals surface area (Å²) in [6.45, 7) is 6.04. The highest BCUT2D eigenvalue weighted by Crippen LogP contribution is 2.25. The van der Waals surface area contributed by atoms with Crippen LogP contribution in [0.3, 0.4) is 0 Å². The number of imidazole rings is 1. The van der Waals surface area contributed by atoms with Crippen LogP contribution >= 0.6 is 0 Å². The van der Waals surface area contributed by atoms with Gasteiger partial charge in [0.2, 0.25) is 0 Å². The van der Waals surface area contributed by atoms with Crippen molar-refractivity contribution in [3.05, 3.63) is 18.2 Å². The first-order chi connectivity index (χ1) is 9.70. The van der Waals surface area contributed by atoms with Crippen LogP contribution in [0.2, 0.25) is 0 Å². The van der Waals surface area contributed by atoms with Crippen LogP contribution in [-0.4, -0.2) is 54.3 Å². The van der Waals surface area contributed by atoms with Gasteiger partial charge in [-0.1, -0.05) is 0 Å². The number of nitrogens with one attached hydrogen (secondary N) is 1. The van der Waals surface area contributed by atoms with Gasteiger partial charge in [0.15, 0.2) is 0 Å². The number of rotatable bonds is 7. The van der Waals surface area contributed by atoms with Crippen molar-refractivity contribution in [3.8, 4) is 0 Å². The van der Waals surface area contributed by atoms with E-state index in [9.17, 15) is 0 Å². The largest absolute Gasteiger partial charge is 0.383 e. The van der Waals surface area contributed by atoms with Crippen LogP contribution in [-0.2, 0) is 11.3 Å². The Labute approximate surface area is 122 Å². The van der Waals surface area contributed by atoms with Crippen LogP contribution in [0, 0.1) is 0 Å². The molecule has 2 rings (SSSR count). The van der Waals surface area contributed by atoms with Gasteiger partial charge in [-0.25, -0.2) is 4.98 Å². The Hall–Kier alpha value is -0.910. The second-order valence-electron chi connectivity index (χ2n) is 5.86. The third-order valence-electron chi connectivity index (χ3n) is 4.12. The van der Waals surface area contributed by atoms with E-state index in [1.54, 1.807) is 7.11 Å². The maximum Gasteiger partial charge on any atom is 0.0949 e. The summed E-state index contributed by atoms with van der Waals surface area (Å²) in [7, 11) is 3.88. The quantitative estimate of drug-likeness (QED) is 0.825. The van der Waals surface area contributed by atoms with E-state index in [0.29, 0.717) is 12.1 Å². The topological polar surface area (TPSA) is 42.3 Å². The molecule has 0 aromatic carbocycles. The fourth-order valence-corrected chi connectivity index (χ4v) is 2.82. The molecule has 1 aliphatic rings. The number of aromatic nitrogens is 2. The fraction of sp³-hybridized carbons (Fsp3) is 0.800. The molecule has 1 aromatic rings. The lowest BCUT2D eigenvalue weighted by Crippen LogP contribution is -2.36. The molecule has 20 heavy (non-hydrogen) atoms. The van der Waals surface area contributed by atoms with Crippen LogP contribution in [0.15, 0.2) is 12.5 Å². The molecule has 5 nitrogen and oxygen atoms in total. The summed E-state index contributed by atoms with van der Waals surface area (Å²) in [5.74, 6) is 0. The summed E-state index contributed by atoms with van der Waals surface area (Å²) in [5.41, 5.74) is 1.33. The number of piperidine rings is 1. The average Bonchev–Trinajstić information content (AvgIpc) is 2.91. The zero-order chi connectivity index (χ0) is 14.4. The minimum atomic E-state index is 0.463. The lowest BCUT2D eigenvalue weighted by atomic mass is 9.97. The van der Waals surface area contributed by atoms with Crippen LogP contribution in [0.4, 0.5) is 0 Å². The van der Waals surface area contributed by atoms with Gasteiger partial charge in [-0.3, -0.25) is 0 Å². The second-order valence-corrected chi connectivity index (χ2v) is 5.86. The third kappa shape index (κ3) is 4.30. The Morgan fingerprint density at radius 1 is 1.45 bits per heavy atom. The Bertz CT molecular complexity index is 393. The van der Waals surface area contributed by atoms with Gasteiger partial charge in [0.25, 0.3) is 0 Å². The van der Waals surface area contributed by atoms with Gasteiger partial charge in [0, 0.05) is 45.0 Å². The van der Waals surface area contributed by atoms with Crippen molar-refractivity contribution in [3.63, 3.8) is 0 Å². The molecule has 1 saturated heterocycles. The van der Waals surface area contributed by atoms with Crippen LogP contribution < -0.4 is 5.32 Å². The molecule has 0 amide bonds. The van der Waals surface area contributed by atoms with E-state index in [1.807, 2.05) is 12.5 Å². The zero-order valence-electron chi connectivity index (χ0n) is 13.0. The van der Waals surface area contributed by atoms with Crippen molar-refractivity contribution in [1.82, 2.24) is 19.8 Å². The molecule has 0 bridgehead atoms. The van der Waals surface area contributed by atoms with E-state index in [2.05, 4.69) is 33.7 Å². The molecule has 2 heterocycles. The van der Waals surface area contributed by atoms with Crippen molar-refractivity contribution in [1.29, 1.82) is 0 Å². The summed E-state index contributed by atoms with van der Waals surface area (Å²) >= 11 is 0. The number of hydrogen-bond acceptors (Lipinski definition) is 4.